The number of nitrogens with zero attached hydrogens (tertiary/aromatic N) is 6. The lowest BCUT2D eigenvalue weighted by atomic mass is 10.0. The van der Waals surface area contributed by atoms with Gasteiger partial charge in [0.2, 0.25) is 0 Å². The zero-order chi connectivity index (χ0) is 26.1. The monoisotopic (exact) mass is 514 g/mol. The van der Waals surface area contributed by atoms with Crippen LogP contribution in [0.4, 0.5) is 14.6 Å². The van der Waals surface area contributed by atoms with E-state index in [2.05, 4.69) is 21.7 Å². The number of hydrogen-bond donors (Lipinski definition) is 1. The maximum atomic E-state index is 13.7. The van der Waals surface area contributed by atoms with Gasteiger partial charge in [0, 0.05) is 35.5 Å². The highest BCUT2D eigenvalue weighted by atomic mass is 35.5. The summed E-state index contributed by atoms with van der Waals surface area (Å²) >= 11 is 6.15. The molecule has 0 radical (unpaired) electrons. The van der Waals surface area contributed by atoms with E-state index in [0.29, 0.717) is 46.5 Å². The third kappa shape index (κ3) is 4.82. The smallest absolute Gasteiger partial charge is 0.283 e. The summed E-state index contributed by atoms with van der Waals surface area (Å²) in [6.45, 7) is 9.71. The zero-order valence-corrected chi connectivity index (χ0v) is 20.7. The normalized spacial score (nSPS) is 20.1. The summed E-state index contributed by atoms with van der Waals surface area (Å²) in [5, 5.41) is 24.0. The molecule has 2 aliphatic rings. The molecule has 0 bridgehead atoms. The van der Waals surface area contributed by atoms with Crippen molar-refractivity contribution in [2.45, 2.75) is 45.5 Å². The van der Waals surface area contributed by atoms with Crippen molar-refractivity contribution >= 4 is 34.9 Å². The number of fused-ring (bicyclic) bond motifs is 1. The maximum absolute atomic E-state index is 13.7. The third-order valence-corrected chi connectivity index (χ3v) is 6.30. The molecule has 1 fully saturated rings. The first kappa shape index (κ1) is 25.7. The first-order chi connectivity index (χ1) is 17.1. The molecule has 4 rings (SSSR count). The topological polar surface area (TPSA) is 99.0 Å². The number of halogens is 3. The van der Waals surface area contributed by atoms with Gasteiger partial charge in [0.1, 0.15) is 23.1 Å². The van der Waals surface area contributed by atoms with Crippen LogP contribution in [-0.2, 0) is 4.74 Å². The van der Waals surface area contributed by atoms with Gasteiger partial charge in [0.15, 0.2) is 5.65 Å². The average molecular weight is 515 g/mol. The number of aliphatic hydroxyl groups is 1. The van der Waals surface area contributed by atoms with Crippen molar-refractivity contribution in [3.05, 3.63) is 64.1 Å². The fourth-order valence-electron chi connectivity index (χ4n) is 4.02. The van der Waals surface area contributed by atoms with Gasteiger partial charge < -0.3 is 14.7 Å². The highest BCUT2D eigenvalue weighted by Gasteiger charge is 2.35. The zero-order valence-electron chi connectivity index (χ0n) is 20.0. The van der Waals surface area contributed by atoms with E-state index in [4.69, 9.17) is 16.3 Å². The number of alkyl halides is 2. The first-order valence-corrected chi connectivity index (χ1v) is 11.7. The molecule has 1 aliphatic carbocycles. The quantitative estimate of drug-likeness (QED) is 0.585. The molecule has 1 saturated heterocycles. The van der Waals surface area contributed by atoms with E-state index in [1.807, 2.05) is 17.0 Å². The van der Waals surface area contributed by atoms with Crippen LogP contribution in [0.15, 0.2) is 46.6 Å². The minimum Gasteiger partial charge on any atom is -0.391 e. The number of aromatic nitrogens is 3. The Labute approximate surface area is 212 Å². The number of aliphatic hydroxyl groups excluding tert-OH is 1. The van der Waals surface area contributed by atoms with E-state index in [1.54, 1.807) is 39.0 Å². The Morgan fingerprint density at radius 3 is 2.69 bits per heavy atom. The number of aliphatic imine (C=N–C) groups is 1. The highest BCUT2D eigenvalue weighted by Crippen LogP contribution is 2.35. The molecule has 11 heteroatoms. The lowest BCUT2D eigenvalue weighted by Crippen LogP contribution is -2.55. The van der Waals surface area contributed by atoms with Gasteiger partial charge in [-0.25, -0.2) is 13.8 Å². The molecule has 3 heterocycles. The van der Waals surface area contributed by atoms with Crippen molar-refractivity contribution in [1.29, 1.82) is 5.26 Å². The summed E-state index contributed by atoms with van der Waals surface area (Å²) in [4.78, 5) is 10.7. The standard InChI is InChI=1S/C25H25ClF2N6O2/c1-5-30-21-9-17(26)7-6-16(21)8-19-13(2)31-24-20(10-29)22(23(27)28)32-34(24)25(19)33-11-18(12-33)36-15(4)14(3)35/h5-9,14-15,18,23,35H,1,11-12H2,2-4H3/b16-8+,30-21?. The Bertz CT molecular complexity index is 1360. The first-order valence-electron chi connectivity index (χ1n) is 11.3. The van der Waals surface area contributed by atoms with Gasteiger partial charge in [-0.1, -0.05) is 24.3 Å². The van der Waals surface area contributed by atoms with Crippen LogP contribution in [0.1, 0.15) is 42.8 Å². The predicted octanol–water partition coefficient (Wildman–Crippen LogP) is 4.48. The molecule has 1 aliphatic heterocycles. The Kier molecular flexibility index (Phi) is 7.36. The molecular weight excluding hydrogens is 490 g/mol. The SMILES string of the molecule is C=CN=C1C=C(Cl)C=C/C1=C\c1c(C)nc2c(C#N)c(C(F)F)nn2c1N1CC(OC(C)C(C)O)C1. The number of anilines is 1. The number of nitriles is 1. The molecular formula is C25H25ClF2N6O2. The molecule has 2 unspecified atom stereocenters. The largest absolute Gasteiger partial charge is 0.391 e. The van der Waals surface area contributed by atoms with Crippen LogP contribution in [0.25, 0.3) is 11.7 Å². The second kappa shape index (κ2) is 10.3. The van der Waals surface area contributed by atoms with E-state index >= 15 is 0 Å². The van der Waals surface area contributed by atoms with Crippen LogP contribution in [0, 0.1) is 18.3 Å². The Morgan fingerprint density at radius 2 is 2.08 bits per heavy atom. The molecule has 0 aromatic carbocycles. The van der Waals surface area contributed by atoms with Crippen LogP contribution in [-0.4, -0.2) is 56.8 Å². The van der Waals surface area contributed by atoms with E-state index in [0.717, 1.165) is 0 Å². The number of rotatable bonds is 7. The van der Waals surface area contributed by atoms with Gasteiger partial charge >= 0.3 is 0 Å². The maximum Gasteiger partial charge on any atom is 0.283 e. The Morgan fingerprint density at radius 1 is 1.36 bits per heavy atom. The van der Waals surface area contributed by atoms with Gasteiger partial charge in [-0.05, 0) is 39.0 Å². The van der Waals surface area contributed by atoms with Gasteiger partial charge in [0.25, 0.3) is 6.43 Å². The number of allylic oxidation sites excluding steroid dienone is 5. The van der Waals surface area contributed by atoms with Gasteiger partial charge in [-0.15, -0.1) is 0 Å². The van der Waals surface area contributed by atoms with Crippen molar-refractivity contribution in [2.24, 2.45) is 4.99 Å². The van der Waals surface area contributed by atoms with Crippen molar-refractivity contribution in [3.8, 4) is 6.07 Å². The molecule has 8 nitrogen and oxygen atoms in total. The third-order valence-electron chi connectivity index (χ3n) is 6.07. The number of hydrogen-bond acceptors (Lipinski definition) is 7. The molecule has 0 amide bonds. The van der Waals surface area contributed by atoms with Crippen molar-refractivity contribution < 1.29 is 18.6 Å². The van der Waals surface area contributed by atoms with Crippen LogP contribution in [0.2, 0.25) is 0 Å². The molecule has 36 heavy (non-hydrogen) atoms. The Balaban J connectivity index is 1.87. The van der Waals surface area contributed by atoms with E-state index < -0.39 is 18.2 Å². The van der Waals surface area contributed by atoms with Crippen LogP contribution < -0.4 is 4.90 Å². The molecule has 2 aromatic heterocycles. The van der Waals surface area contributed by atoms with Crippen molar-refractivity contribution in [3.63, 3.8) is 0 Å². The summed E-state index contributed by atoms with van der Waals surface area (Å²) in [5.41, 5.74) is 1.62. The van der Waals surface area contributed by atoms with Crippen molar-refractivity contribution in [1.82, 2.24) is 14.6 Å². The van der Waals surface area contributed by atoms with Gasteiger partial charge in [0.05, 0.1) is 29.7 Å². The highest BCUT2D eigenvalue weighted by molar-refractivity contribution is 6.35. The Hall–Kier alpha value is -3.39. The molecule has 2 aromatic rings. The number of aryl methyl sites for hydroxylation is 1. The van der Waals surface area contributed by atoms with Gasteiger partial charge in [-0.3, -0.25) is 4.99 Å². The second-order valence-electron chi connectivity index (χ2n) is 8.61. The molecule has 0 saturated carbocycles. The lowest BCUT2D eigenvalue weighted by molar-refractivity contribution is -0.0699. The van der Waals surface area contributed by atoms with E-state index in [9.17, 15) is 19.1 Å². The second-order valence-corrected chi connectivity index (χ2v) is 9.05. The average Bonchev–Trinajstić information content (AvgIpc) is 3.16. The molecule has 188 valence electrons. The summed E-state index contributed by atoms with van der Waals surface area (Å²) < 4.78 is 34.7. The summed E-state index contributed by atoms with van der Waals surface area (Å²) in [6, 6.07) is 1.83. The van der Waals surface area contributed by atoms with Crippen LogP contribution in [0.5, 0.6) is 0 Å². The van der Waals surface area contributed by atoms with E-state index in [-0.39, 0.29) is 23.4 Å². The van der Waals surface area contributed by atoms with E-state index in [1.165, 1.54) is 10.7 Å². The minimum atomic E-state index is -2.93. The lowest BCUT2D eigenvalue weighted by Gasteiger charge is -2.42. The van der Waals surface area contributed by atoms with Gasteiger partial charge in [-0.2, -0.15) is 14.9 Å². The summed E-state index contributed by atoms with van der Waals surface area (Å²) in [7, 11) is 0. The summed E-state index contributed by atoms with van der Waals surface area (Å²) in [5.74, 6) is 0.505. The van der Waals surface area contributed by atoms with Crippen LogP contribution >= 0.6 is 11.6 Å². The number of ether oxygens (including phenoxy) is 1. The predicted molar refractivity (Wildman–Crippen MR) is 134 cm³/mol. The van der Waals surface area contributed by atoms with Crippen molar-refractivity contribution in [2.75, 3.05) is 18.0 Å². The van der Waals surface area contributed by atoms with Crippen LogP contribution in [0.3, 0.4) is 0 Å². The fourth-order valence-corrected chi connectivity index (χ4v) is 4.19. The molecule has 0 spiro atoms. The fraction of sp³-hybridized carbons (Fsp3) is 0.360. The minimum absolute atomic E-state index is 0.0614. The molecule has 2 atom stereocenters. The molecule has 1 N–H and O–H groups in total. The summed E-state index contributed by atoms with van der Waals surface area (Å²) in [6.07, 6.45) is 4.34.